The van der Waals surface area contributed by atoms with Crippen LogP contribution in [0.2, 0.25) is 0 Å². The highest BCUT2D eigenvalue weighted by Gasteiger charge is 2.02. The van der Waals surface area contributed by atoms with Gasteiger partial charge in [0.15, 0.2) is 0 Å². The Hall–Kier alpha value is -0.0900. The lowest BCUT2D eigenvalue weighted by molar-refractivity contribution is 1.09. The van der Waals surface area contributed by atoms with Crippen molar-refractivity contribution in [3.05, 3.63) is 23.3 Å². The standard InChI is InChI=1S/C13H25P/c1-6-9-14(10-7-12(2)3)11-8-13(4)5/h7-8H,6,9-11H2,1-5H3. The average Bonchev–Trinajstić information content (AvgIpc) is 2.09. The van der Waals surface area contributed by atoms with Crippen molar-refractivity contribution < 1.29 is 0 Å². The molecule has 0 aromatic carbocycles. The molecule has 0 fully saturated rings. The van der Waals surface area contributed by atoms with Gasteiger partial charge in [0.2, 0.25) is 0 Å². The summed E-state index contributed by atoms with van der Waals surface area (Å²) in [7, 11) is 0.221. The molecule has 0 aromatic heterocycles. The van der Waals surface area contributed by atoms with E-state index in [1.165, 1.54) is 36.1 Å². The molecule has 0 aliphatic rings. The quantitative estimate of drug-likeness (QED) is 0.438. The van der Waals surface area contributed by atoms with E-state index in [-0.39, 0.29) is 7.92 Å². The van der Waals surface area contributed by atoms with Gasteiger partial charge in [0.25, 0.3) is 0 Å². The molecule has 1 heteroatoms. The first-order valence-corrected chi connectivity index (χ1v) is 7.45. The Morgan fingerprint density at radius 3 is 1.64 bits per heavy atom. The minimum absolute atomic E-state index is 0.221. The molecule has 0 aliphatic carbocycles. The largest absolute Gasteiger partial charge is 0.0990 e. The third-order valence-electron chi connectivity index (χ3n) is 2.06. The van der Waals surface area contributed by atoms with Crippen molar-refractivity contribution >= 4 is 7.92 Å². The molecular formula is C13H25P. The molecular weight excluding hydrogens is 187 g/mol. The van der Waals surface area contributed by atoms with Crippen molar-refractivity contribution in [3.8, 4) is 0 Å². The van der Waals surface area contributed by atoms with Gasteiger partial charge in [-0.1, -0.05) is 44.6 Å². The summed E-state index contributed by atoms with van der Waals surface area (Å²) in [5.41, 5.74) is 2.93. The summed E-state index contributed by atoms with van der Waals surface area (Å²) in [6.07, 6.45) is 10.2. The molecule has 0 atom stereocenters. The van der Waals surface area contributed by atoms with E-state index in [9.17, 15) is 0 Å². The summed E-state index contributed by atoms with van der Waals surface area (Å²) in [5, 5.41) is 0. The van der Waals surface area contributed by atoms with Gasteiger partial charge in [0.1, 0.15) is 0 Å². The second-order valence-corrected chi connectivity index (χ2v) is 6.84. The Morgan fingerprint density at radius 1 is 0.929 bits per heavy atom. The van der Waals surface area contributed by atoms with Crippen LogP contribution in [0.3, 0.4) is 0 Å². The SMILES string of the molecule is CCCP(CC=C(C)C)CC=C(C)C. The van der Waals surface area contributed by atoms with Gasteiger partial charge in [0, 0.05) is 0 Å². The van der Waals surface area contributed by atoms with E-state index in [0.717, 1.165) is 0 Å². The summed E-state index contributed by atoms with van der Waals surface area (Å²) in [5.74, 6) is 0. The third kappa shape index (κ3) is 8.51. The Bertz CT molecular complexity index is 173. The third-order valence-corrected chi connectivity index (χ3v) is 4.53. The molecule has 0 saturated carbocycles. The molecule has 0 radical (unpaired) electrons. The van der Waals surface area contributed by atoms with Gasteiger partial charge < -0.3 is 0 Å². The van der Waals surface area contributed by atoms with Crippen LogP contribution in [-0.4, -0.2) is 18.5 Å². The molecule has 0 saturated heterocycles. The summed E-state index contributed by atoms with van der Waals surface area (Å²) in [6.45, 7) is 11.1. The summed E-state index contributed by atoms with van der Waals surface area (Å²) >= 11 is 0. The van der Waals surface area contributed by atoms with E-state index < -0.39 is 0 Å². The minimum Gasteiger partial charge on any atom is -0.0990 e. The van der Waals surface area contributed by atoms with Gasteiger partial charge in [-0.2, -0.15) is 0 Å². The molecule has 0 rings (SSSR count). The van der Waals surface area contributed by atoms with Crippen LogP contribution >= 0.6 is 7.92 Å². The molecule has 0 unspecified atom stereocenters. The lowest BCUT2D eigenvalue weighted by atomic mass is 10.3. The topological polar surface area (TPSA) is 0 Å². The predicted octanol–water partition coefficient (Wildman–Crippen LogP) is 4.81. The van der Waals surface area contributed by atoms with Crippen LogP contribution in [0.5, 0.6) is 0 Å². The lowest BCUT2D eigenvalue weighted by Crippen LogP contribution is -1.91. The predicted molar refractivity (Wildman–Crippen MR) is 70.7 cm³/mol. The van der Waals surface area contributed by atoms with Gasteiger partial charge in [-0.15, -0.1) is 0 Å². The first-order chi connectivity index (χ1) is 6.56. The molecule has 82 valence electrons. The highest BCUT2D eigenvalue weighted by Crippen LogP contribution is 2.36. The fourth-order valence-corrected chi connectivity index (χ4v) is 3.59. The van der Waals surface area contributed by atoms with E-state index in [4.69, 9.17) is 0 Å². The number of hydrogen-bond donors (Lipinski definition) is 0. The highest BCUT2D eigenvalue weighted by molar-refractivity contribution is 7.58. The first kappa shape index (κ1) is 13.9. The zero-order chi connectivity index (χ0) is 11.0. The number of allylic oxidation sites excluding steroid dienone is 4. The molecule has 14 heavy (non-hydrogen) atoms. The monoisotopic (exact) mass is 212 g/mol. The molecule has 0 heterocycles. The Labute approximate surface area is 91.2 Å². The van der Waals surface area contributed by atoms with E-state index >= 15 is 0 Å². The maximum Gasteiger partial charge on any atom is -0.0140 e. The maximum absolute atomic E-state index is 2.40. The van der Waals surface area contributed by atoms with Crippen molar-refractivity contribution in [1.82, 2.24) is 0 Å². The zero-order valence-corrected chi connectivity index (χ0v) is 11.3. The lowest BCUT2D eigenvalue weighted by Gasteiger charge is -2.13. The van der Waals surface area contributed by atoms with Crippen LogP contribution in [0.4, 0.5) is 0 Å². The second kappa shape index (κ2) is 8.24. The van der Waals surface area contributed by atoms with Crippen LogP contribution in [0.15, 0.2) is 23.3 Å². The smallest absolute Gasteiger partial charge is 0.0140 e. The Balaban J connectivity index is 4.02. The fraction of sp³-hybridized carbons (Fsp3) is 0.692. The van der Waals surface area contributed by atoms with Crippen LogP contribution in [0.1, 0.15) is 41.0 Å². The number of rotatable bonds is 6. The normalized spacial score (nSPS) is 10.1. The van der Waals surface area contributed by atoms with Crippen LogP contribution in [0, 0.1) is 0 Å². The molecule has 0 bridgehead atoms. The second-order valence-electron chi connectivity index (χ2n) is 4.32. The summed E-state index contributed by atoms with van der Waals surface area (Å²) in [4.78, 5) is 0. The van der Waals surface area contributed by atoms with Gasteiger partial charge in [-0.05, 0) is 46.2 Å². The van der Waals surface area contributed by atoms with Crippen molar-refractivity contribution in [2.75, 3.05) is 18.5 Å². The molecule has 0 spiro atoms. The average molecular weight is 212 g/mol. The van der Waals surface area contributed by atoms with Gasteiger partial charge in [-0.3, -0.25) is 0 Å². The van der Waals surface area contributed by atoms with E-state index in [0.29, 0.717) is 0 Å². The zero-order valence-electron chi connectivity index (χ0n) is 10.4. The van der Waals surface area contributed by atoms with Crippen LogP contribution in [0.25, 0.3) is 0 Å². The molecule has 0 N–H and O–H groups in total. The Kier molecular flexibility index (Phi) is 8.18. The van der Waals surface area contributed by atoms with E-state index in [2.05, 4.69) is 46.8 Å². The summed E-state index contributed by atoms with van der Waals surface area (Å²) in [6, 6.07) is 0. The van der Waals surface area contributed by atoms with Gasteiger partial charge in [-0.25, -0.2) is 0 Å². The fourth-order valence-electron chi connectivity index (χ4n) is 1.20. The summed E-state index contributed by atoms with van der Waals surface area (Å²) < 4.78 is 0. The van der Waals surface area contributed by atoms with Gasteiger partial charge in [0.05, 0.1) is 0 Å². The van der Waals surface area contributed by atoms with Crippen LogP contribution < -0.4 is 0 Å². The molecule has 0 aromatic rings. The maximum atomic E-state index is 2.40. The van der Waals surface area contributed by atoms with E-state index in [1.807, 2.05) is 0 Å². The molecule has 0 amide bonds. The van der Waals surface area contributed by atoms with Crippen molar-refractivity contribution in [2.24, 2.45) is 0 Å². The molecule has 0 nitrogen and oxygen atoms in total. The highest BCUT2D eigenvalue weighted by atomic mass is 31.1. The van der Waals surface area contributed by atoms with Gasteiger partial charge >= 0.3 is 0 Å². The van der Waals surface area contributed by atoms with Crippen molar-refractivity contribution in [1.29, 1.82) is 0 Å². The first-order valence-electron chi connectivity index (χ1n) is 5.55. The van der Waals surface area contributed by atoms with Crippen molar-refractivity contribution in [2.45, 2.75) is 41.0 Å². The van der Waals surface area contributed by atoms with Crippen molar-refractivity contribution in [3.63, 3.8) is 0 Å². The number of hydrogen-bond acceptors (Lipinski definition) is 0. The van der Waals surface area contributed by atoms with Crippen LogP contribution in [-0.2, 0) is 0 Å². The minimum atomic E-state index is 0.221. The molecule has 0 aliphatic heterocycles. The Morgan fingerprint density at radius 2 is 1.36 bits per heavy atom. The van der Waals surface area contributed by atoms with E-state index in [1.54, 1.807) is 0 Å².